The normalized spacial score (nSPS) is 12.6. The summed E-state index contributed by atoms with van der Waals surface area (Å²) in [6.45, 7) is 5.48. The summed E-state index contributed by atoms with van der Waals surface area (Å²) in [6, 6.07) is 6.76. The average Bonchev–Trinajstić information content (AvgIpc) is 3.08. The van der Waals surface area contributed by atoms with Crippen LogP contribution in [0, 0.1) is 12.8 Å². The molecule has 12 heteroatoms. The summed E-state index contributed by atoms with van der Waals surface area (Å²) in [4.78, 5) is 21.4. The lowest BCUT2D eigenvalue weighted by Gasteiger charge is -2.13. The molecule has 1 atom stereocenters. The third kappa shape index (κ3) is 5.57. The van der Waals surface area contributed by atoms with E-state index >= 15 is 0 Å². The van der Waals surface area contributed by atoms with Gasteiger partial charge in [-0.2, -0.15) is 0 Å². The molecule has 170 valence electrons. The first-order valence-corrected chi connectivity index (χ1v) is 12.5. The molecule has 1 amide bonds. The summed E-state index contributed by atoms with van der Waals surface area (Å²) in [5.41, 5.74) is 7.20. The zero-order valence-electron chi connectivity index (χ0n) is 17.4. The number of carbonyl (C=O) groups excluding carboxylic acids is 1. The van der Waals surface area contributed by atoms with E-state index in [1.54, 1.807) is 19.1 Å². The first kappa shape index (κ1) is 24.4. The molecule has 3 aromatic rings. The van der Waals surface area contributed by atoms with Crippen molar-refractivity contribution in [3.63, 3.8) is 0 Å². The summed E-state index contributed by atoms with van der Waals surface area (Å²) in [6.07, 6.45) is 1.51. The van der Waals surface area contributed by atoms with Crippen molar-refractivity contribution >= 4 is 61.3 Å². The van der Waals surface area contributed by atoms with Crippen molar-refractivity contribution in [3.8, 4) is 10.4 Å². The number of pyridine rings is 1. The molecule has 0 radical (unpaired) electrons. The van der Waals surface area contributed by atoms with Gasteiger partial charge in [-0.25, -0.2) is 18.4 Å². The van der Waals surface area contributed by atoms with Crippen molar-refractivity contribution in [3.05, 3.63) is 52.4 Å². The zero-order valence-corrected chi connectivity index (χ0v) is 20.5. The lowest BCUT2D eigenvalue weighted by atomic mass is 10.1. The third-order valence-electron chi connectivity index (χ3n) is 4.50. The van der Waals surface area contributed by atoms with Gasteiger partial charge in [-0.3, -0.25) is 9.52 Å². The number of sulfonamides is 1. The molecule has 3 rings (SSSR count). The van der Waals surface area contributed by atoms with Crippen LogP contribution in [0.3, 0.4) is 0 Å². The predicted octanol–water partition coefficient (Wildman–Crippen LogP) is 4.54. The van der Waals surface area contributed by atoms with E-state index in [1.165, 1.54) is 35.7 Å². The molecule has 0 bridgehead atoms. The van der Waals surface area contributed by atoms with Crippen LogP contribution >= 0.6 is 34.5 Å². The first-order chi connectivity index (χ1) is 15.0. The maximum Gasteiger partial charge on any atom is 0.262 e. The van der Waals surface area contributed by atoms with Crippen molar-refractivity contribution in [1.82, 2.24) is 9.97 Å². The average molecular weight is 514 g/mol. The second kappa shape index (κ2) is 9.72. The molecule has 2 aromatic heterocycles. The minimum atomic E-state index is -3.94. The Morgan fingerprint density at radius 2 is 1.94 bits per heavy atom. The van der Waals surface area contributed by atoms with E-state index in [4.69, 9.17) is 28.9 Å². The fourth-order valence-electron chi connectivity index (χ4n) is 2.69. The van der Waals surface area contributed by atoms with Gasteiger partial charge in [0.15, 0.2) is 10.3 Å². The van der Waals surface area contributed by atoms with E-state index in [1.807, 2.05) is 13.8 Å². The number of thiazole rings is 1. The van der Waals surface area contributed by atoms with E-state index in [-0.39, 0.29) is 32.6 Å². The number of nitrogens with zero attached hydrogens (tertiary/aromatic N) is 2. The smallest absolute Gasteiger partial charge is 0.262 e. The molecule has 0 saturated carbocycles. The summed E-state index contributed by atoms with van der Waals surface area (Å²) < 4.78 is 27.9. The van der Waals surface area contributed by atoms with E-state index in [9.17, 15) is 13.2 Å². The molecule has 1 aromatic carbocycles. The van der Waals surface area contributed by atoms with Gasteiger partial charge < -0.3 is 11.1 Å². The summed E-state index contributed by atoms with van der Waals surface area (Å²) in [5.74, 6) is -0.351. The van der Waals surface area contributed by atoms with Crippen LogP contribution < -0.4 is 15.8 Å². The lowest BCUT2D eigenvalue weighted by Crippen LogP contribution is -2.39. The van der Waals surface area contributed by atoms with Crippen LogP contribution in [0.2, 0.25) is 10.2 Å². The molecule has 2 heterocycles. The van der Waals surface area contributed by atoms with E-state index in [0.29, 0.717) is 21.3 Å². The number of hydrogen-bond acceptors (Lipinski definition) is 7. The second-order valence-electron chi connectivity index (χ2n) is 7.32. The summed E-state index contributed by atoms with van der Waals surface area (Å²) >= 11 is 13.3. The Hall–Kier alpha value is -2.24. The number of hydrogen-bond donors (Lipinski definition) is 3. The molecule has 0 aliphatic heterocycles. The molecule has 0 unspecified atom stereocenters. The number of rotatable bonds is 7. The standard InChI is InChI=1S/C20H21Cl2N5O3S2/c1-10(2)16(23)19(28)26-20-25-11(3)17(31-20)12-7-15(18(22)24-9-12)27-32(29,30)14-6-4-5-13(21)8-14/h4-10,16,27H,23H2,1-3H3,(H,25,26,28)/t16-/m0/s1. The highest BCUT2D eigenvalue weighted by atomic mass is 35.5. The van der Waals surface area contributed by atoms with E-state index in [0.717, 1.165) is 0 Å². The molecule has 0 fully saturated rings. The van der Waals surface area contributed by atoms with Gasteiger partial charge >= 0.3 is 0 Å². The Morgan fingerprint density at radius 3 is 2.59 bits per heavy atom. The molecule has 0 aliphatic carbocycles. The molecule has 0 aliphatic rings. The van der Waals surface area contributed by atoms with Gasteiger partial charge in [0.25, 0.3) is 10.0 Å². The van der Waals surface area contributed by atoms with Gasteiger partial charge in [0, 0.05) is 16.8 Å². The molecule has 32 heavy (non-hydrogen) atoms. The Kier molecular flexibility index (Phi) is 7.41. The monoisotopic (exact) mass is 513 g/mol. The largest absolute Gasteiger partial charge is 0.320 e. The SMILES string of the molecule is Cc1nc(NC(=O)[C@@H](N)C(C)C)sc1-c1cnc(Cl)c(NS(=O)(=O)c2cccc(Cl)c2)c1. The van der Waals surface area contributed by atoms with Gasteiger partial charge in [0.2, 0.25) is 5.91 Å². The molecular formula is C20H21Cl2N5O3S2. The molecular weight excluding hydrogens is 493 g/mol. The number of carbonyl (C=O) groups is 1. The van der Waals surface area contributed by atoms with Crippen LogP contribution in [0.1, 0.15) is 19.5 Å². The van der Waals surface area contributed by atoms with Crippen LogP contribution in [0.15, 0.2) is 41.4 Å². The van der Waals surface area contributed by atoms with Crippen molar-refractivity contribution in [1.29, 1.82) is 0 Å². The van der Waals surface area contributed by atoms with Gasteiger partial charge in [0.05, 0.1) is 27.2 Å². The van der Waals surface area contributed by atoms with Crippen molar-refractivity contribution < 1.29 is 13.2 Å². The highest BCUT2D eigenvalue weighted by molar-refractivity contribution is 7.92. The van der Waals surface area contributed by atoms with Crippen molar-refractivity contribution in [2.45, 2.75) is 31.7 Å². The second-order valence-corrected chi connectivity index (χ2v) is 10.8. The number of nitrogens with two attached hydrogens (primary N) is 1. The van der Waals surface area contributed by atoms with E-state index < -0.39 is 16.1 Å². The van der Waals surface area contributed by atoms with Crippen LogP contribution in [-0.2, 0) is 14.8 Å². The van der Waals surface area contributed by atoms with Crippen LogP contribution in [0.4, 0.5) is 10.8 Å². The molecule has 8 nitrogen and oxygen atoms in total. The quantitative estimate of drug-likeness (QED) is 0.397. The number of benzene rings is 1. The minimum absolute atomic E-state index is 0.00747. The summed E-state index contributed by atoms with van der Waals surface area (Å²) in [5, 5.41) is 3.38. The predicted molar refractivity (Wildman–Crippen MR) is 129 cm³/mol. The highest BCUT2D eigenvalue weighted by Gasteiger charge is 2.21. The third-order valence-corrected chi connectivity index (χ3v) is 7.52. The maximum absolute atomic E-state index is 12.7. The van der Waals surface area contributed by atoms with Gasteiger partial charge in [0.1, 0.15) is 0 Å². The number of anilines is 2. The molecule has 0 spiro atoms. The highest BCUT2D eigenvalue weighted by Crippen LogP contribution is 2.35. The number of halogens is 2. The van der Waals surface area contributed by atoms with Crippen molar-refractivity contribution in [2.24, 2.45) is 11.7 Å². The topological polar surface area (TPSA) is 127 Å². The van der Waals surface area contributed by atoms with Gasteiger partial charge in [-0.15, -0.1) is 0 Å². The van der Waals surface area contributed by atoms with Gasteiger partial charge in [-0.1, -0.05) is 54.5 Å². The Balaban J connectivity index is 1.89. The number of nitrogens with one attached hydrogen (secondary N) is 2. The Bertz CT molecular complexity index is 1260. The van der Waals surface area contributed by atoms with E-state index in [2.05, 4.69) is 20.0 Å². The summed E-state index contributed by atoms with van der Waals surface area (Å²) in [7, 11) is -3.94. The van der Waals surface area contributed by atoms with Crippen molar-refractivity contribution in [2.75, 3.05) is 10.0 Å². The molecule has 0 saturated heterocycles. The Morgan fingerprint density at radius 1 is 1.22 bits per heavy atom. The fraction of sp³-hybridized carbons (Fsp3) is 0.250. The minimum Gasteiger partial charge on any atom is -0.320 e. The lowest BCUT2D eigenvalue weighted by molar-refractivity contribution is -0.118. The van der Waals surface area contributed by atoms with Crippen LogP contribution in [0.5, 0.6) is 0 Å². The fourth-order valence-corrected chi connectivity index (χ4v) is 5.21. The number of aromatic nitrogens is 2. The molecule has 4 N–H and O–H groups in total. The zero-order chi connectivity index (χ0) is 23.6. The maximum atomic E-state index is 12.7. The number of amides is 1. The van der Waals surface area contributed by atoms with Crippen LogP contribution in [-0.4, -0.2) is 30.3 Å². The number of aryl methyl sites for hydroxylation is 1. The Labute approximate surface area is 200 Å². The van der Waals surface area contributed by atoms with Gasteiger partial charge in [-0.05, 0) is 37.1 Å². The van der Waals surface area contributed by atoms with Crippen LogP contribution in [0.25, 0.3) is 10.4 Å². The first-order valence-electron chi connectivity index (χ1n) is 9.46.